The van der Waals surface area contributed by atoms with Crippen molar-refractivity contribution in [2.45, 2.75) is 32.2 Å². The molecule has 2 saturated heterocycles. The van der Waals surface area contributed by atoms with E-state index in [0.29, 0.717) is 10.9 Å². The number of aliphatic carboxylic acids is 1. The summed E-state index contributed by atoms with van der Waals surface area (Å²) in [5, 5.41) is 13.5. The van der Waals surface area contributed by atoms with Crippen LogP contribution < -0.4 is 15.5 Å². The lowest BCUT2D eigenvalue weighted by Crippen LogP contribution is -2.56. The van der Waals surface area contributed by atoms with Crippen molar-refractivity contribution < 1.29 is 43.3 Å². The molecule has 224 valence electrons. The Morgan fingerprint density at radius 3 is 2.45 bits per heavy atom. The number of fused-ring (bicyclic) bond motifs is 1. The number of benzene rings is 1. The molecule has 0 saturated carbocycles. The number of aromatic nitrogens is 1. The summed E-state index contributed by atoms with van der Waals surface area (Å²) in [7, 11) is 0. The van der Waals surface area contributed by atoms with E-state index in [4.69, 9.17) is 9.47 Å². The zero-order valence-electron chi connectivity index (χ0n) is 23.0. The third-order valence-corrected chi connectivity index (χ3v) is 6.75. The van der Waals surface area contributed by atoms with Crippen molar-refractivity contribution in [3.63, 3.8) is 0 Å². The number of hydrogen-bond donors (Lipinski definition) is 3. The van der Waals surface area contributed by atoms with E-state index in [1.54, 1.807) is 31.2 Å². The Hall–Kier alpha value is -4.95. The highest BCUT2D eigenvalue weighted by Gasteiger charge is 2.31. The lowest BCUT2D eigenvalue weighted by Gasteiger charge is -2.35. The van der Waals surface area contributed by atoms with E-state index in [9.17, 15) is 33.9 Å². The number of rotatable bonds is 10. The highest BCUT2D eigenvalue weighted by atomic mass is 16.6. The van der Waals surface area contributed by atoms with Crippen LogP contribution in [0.1, 0.15) is 36.7 Å². The molecule has 0 unspecified atom stereocenters. The van der Waals surface area contributed by atoms with E-state index in [2.05, 4.69) is 15.7 Å². The van der Waals surface area contributed by atoms with Crippen molar-refractivity contribution in [3.05, 3.63) is 36.0 Å². The lowest BCUT2D eigenvalue weighted by atomic mass is 10.1. The van der Waals surface area contributed by atoms with Gasteiger partial charge in [0.1, 0.15) is 17.5 Å². The van der Waals surface area contributed by atoms with Gasteiger partial charge < -0.3 is 29.7 Å². The standard InChI is InChI=1S/C27H32N6O9/c1-2-41-27(40)32-13-11-31(12-14-32)26(39)19(7-8-24(36)37)29-25(38)20-15-21(17-5-3-4-6-18(17)28-20)42-16-23(35)33-10-9-22(34)30-33/h3-6,15,19H,2,7-14,16H2,1H3,(H,29,38)(H,30,34)(H,36,37)/t19-/m0/s1. The van der Waals surface area contributed by atoms with Gasteiger partial charge in [-0.3, -0.25) is 34.4 Å². The third-order valence-electron chi connectivity index (χ3n) is 6.75. The quantitative estimate of drug-likeness (QED) is 0.347. The number of nitrogens with zero attached hydrogens (tertiary/aromatic N) is 4. The molecule has 2 aliphatic heterocycles. The Kier molecular flexibility index (Phi) is 9.73. The maximum absolute atomic E-state index is 13.4. The largest absolute Gasteiger partial charge is 0.483 e. The molecule has 15 heteroatoms. The fourth-order valence-corrected chi connectivity index (χ4v) is 4.56. The summed E-state index contributed by atoms with van der Waals surface area (Å²) in [5.41, 5.74) is 2.72. The maximum atomic E-state index is 13.4. The number of amides is 5. The Morgan fingerprint density at radius 2 is 1.79 bits per heavy atom. The van der Waals surface area contributed by atoms with E-state index in [-0.39, 0.29) is 75.9 Å². The van der Waals surface area contributed by atoms with E-state index < -0.39 is 42.4 Å². The van der Waals surface area contributed by atoms with Crippen LogP contribution in [0.4, 0.5) is 4.79 Å². The number of carbonyl (C=O) groups is 6. The molecule has 1 aromatic carbocycles. The number of hydrazine groups is 1. The molecule has 2 aromatic rings. The van der Waals surface area contributed by atoms with Crippen LogP contribution in [-0.2, 0) is 23.9 Å². The predicted molar refractivity (Wildman–Crippen MR) is 145 cm³/mol. The number of piperazine rings is 1. The van der Waals surface area contributed by atoms with Gasteiger partial charge in [0.25, 0.3) is 11.8 Å². The first-order valence-electron chi connectivity index (χ1n) is 13.5. The van der Waals surface area contributed by atoms with Gasteiger partial charge >= 0.3 is 12.1 Å². The van der Waals surface area contributed by atoms with E-state index >= 15 is 0 Å². The minimum Gasteiger partial charge on any atom is -0.483 e. The second kappa shape index (κ2) is 13.6. The van der Waals surface area contributed by atoms with Crippen LogP contribution in [0, 0.1) is 0 Å². The molecule has 2 fully saturated rings. The molecule has 2 aliphatic rings. The van der Waals surface area contributed by atoms with Crippen molar-refractivity contribution in [1.82, 2.24) is 30.5 Å². The van der Waals surface area contributed by atoms with Gasteiger partial charge in [0.05, 0.1) is 18.7 Å². The van der Waals surface area contributed by atoms with E-state index in [1.165, 1.54) is 15.9 Å². The fraction of sp³-hybridized carbons (Fsp3) is 0.444. The maximum Gasteiger partial charge on any atom is 0.409 e. The van der Waals surface area contributed by atoms with Gasteiger partial charge in [0.15, 0.2) is 6.61 Å². The highest BCUT2D eigenvalue weighted by molar-refractivity contribution is 5.99. The molecule has 4 rings (SSSR count). The minimum atomic E-state index is -1.17. The highest BCUT2D eigenvalue weighted by Crippen LogP contribution is 2.26. The number of carboxylic acids is 1. The lowest BCUT2D eigenvalue weighted by molar-refractivity contribution is -0.138. The zero-order valence-corrected chi connectivity index (χ0v) is 23.0. The minimum absolute atomic E-state index is 0.106. The average molecular weight is 585 g/mol. The molecule has 0 radical (unpaired) electrons. The van der Waals surface area contributed by atoms with E-state index in [1.807, 2.05) is 0 Å². The van der Waals surface area contributed by atoms with Crippen LogP contribution in [0.3, 0.4) is 0 Å². The second-order valence-electron chi connectivity index (χ2n) is 9.61. The van der Waals surface area contributed by atoms with Crippen LogP contribution in [0.25, 0.3) is 10.9 Å². The van der Waals surface area contributed by atoms with E-state index in [0.717, 1.165) is 5.01 Å². The number of nitrogens with one attached hydrogen (secondary N) is 2. The predicted octanol–water partition coefficient (Wildman–Crippen LogP) is 0.141. The Bertz CT molecular complexity index is 1380. The summed E-state index contributed by atoms with van der Waals surface area (Å²) < 4.78 is 10.7. The molecule has 0 spiro atoms. The first-order valence-corrected chi connectivity index (χ1v) is 13.5. The molecule has 1 atom stereocenters. The second-order valence-corrected chi connectivity index (χ2v) is 9.61. The van der Waals surface area contributed by atoms with Gasteiger partial charge in [0, 0.05) is 50.5 Å². The molecule has 0 aliphatic carbocycles. The summed E-state index contributed by atoms with van der Waals surface area (Å²) in [4.78, 5) is 81.2. The van der Waals surface area contributed by atoms with Crippen molar-refractivity contribution in [3.8, 4) is 5.75 Å². The summed E-state index contributed by atoms with van der Waals surface area (Å²) >= 11 is 0. The molecule has 0 bridgehead atoms. The zero-order chi connectivity index (χ0) is 30.2. The first kappa shape index (κ1) is 30.0. The van der Waals surface area contributed by atoms with Gasteiger partial charge in [-0.1, -0.05) is 12.1 Å². The smallest absolute Gasteiger partial charge is 0.409 e. The summed E-state index contributed by atoms with van der Waals surface area (Å²) in [6.45, 7) is 2.57. The number of hydrogen-bond acceptors (Lipinski definition) is 9. The molecule has 42 heavy (non-hydrogen) atoms. The molecule has 3 heterocycles. The summed E-state index contributed by atoms with van der Waals surface area (Å²) in [6, 6.07) is 6.97. The SMILES string of the molecule is CCOC(=O)N1CCN(C(=O)[C@H](CCC(=O)O)NC(=O)c2cc(OCC(=O)N3CCC(=O)N3)c3ccccc3n2)CC1. The van der Waals surface area contributed by atoms with Crippen molar-refractivity contribution in [2.75, 3.05) is 45.9 Å². The Labute approximate surface area is 240 Å². The van der Waals surface area contributed by atoms with Gasteiger partial charge in [0.2, 0.25) is 11.8 Å². The van der Waals surface area contributed by atoms with Gasteiger partial charge in [-0.15, -0.1) is 0 Å². The third kappa shape index (κ3) is 7.41. The number of pyridine rings is 1. The van der Waals surface area contributed by atoms with Crippen molar-refractivity contribution in [2.24, 2.45) is 0 Å². The molecular weight excluding hydrogens is 552 g/mol. The first-order chi connectivity index (χ1) is 20.2. The molecule has 1 aromatic heterocycles. The molecule has 3 N–H and O–H groups in total. The van der Waals surface area contributed by atoms with Crippen LogP contribution in [0.2, 0.25) is 0 Å². The average Bonchev–Trinajstić information content (AvgIpc) is 3.43. The Morgan fingerprint density at radius 1 is 1.07 bits per heavy atom. The molecule has 15 nitrogen and oxygen atoms in total. The van der Waals surface area contributed by atoms with Crippen LogP contribution in [0.15, 0.2) is 30.3 Å². The number of carbonyl (C=O) groups excluding carboxylic acids is 5. The number of carboxylic acid groups (broad SMARTS) is 1. The number of ether oxygens (including phenoxy) is 2. The topological polar surface area (TPSA) is 188 Å². The summed E-state index contributed by atoms with van der Waals surface area (Å²) in [6.07, 6.45) is -0.816. The van der Waals surface area contributed by atoms with Crippen LogP contribution in [0.5, 0.6) is 5.75 Å². The van der Waals surface area contributed by atoms with Gasteiger partial charge in [-0.05, 0) is 25.5 Å². The Balaban J connectivity index is 1.48. The molecular formula is C27H32N6O9. The number of para-hydroxylation sites is 1. The van der Waals surface area contributed by atoms with Gasteiger partial charge in [-0.2, -0.15) is 0 Å². The van der Waals surface area contributed by atoms with Crippen molar-refractivity contribution in [1.29, 1.82) is 0 Å². The van der Waals surface area contributed by atoms with Gasteiger partial charge in [-0.25, -0.2) is 9.78 Å². The fourth-order valence-electron chi connectivity index (χ4n) is 4.56. The monoisotopic (exact) mass is 584 g/mol. The summed E-state index contributed by atoms with van der Waals surface area (Å²) in [5.74, 6) is -2.92. The van der Waals surface area contributed by atoms with Crippen LogP contribution in [-0.4, -0.2) is 113 Å². The normalized spacial score (nSPS) is 15.6. The van der Waals surface area contributed by atoms with Crippen molar-refractivity contribution >= 4 is 46.6 Å². The van der Waals surface area contributed by atoms with Crippen LogP contribution >= 0.6 is 0 Å². The molecule has 5 amide bonds.